The molecule has 2 aliphatic heterocycles. The lowest BCUT2D eigenvalue weighted by atomic mass is 10.1. The molecule has 0 spiro atoms. The van der Waals surface area contributed by atoms with Crippen LogP contribution in [0.25, 0.3) is 10.9 Å². The number of carbonyl (C=O) groups excluding carboxylic acids is 2. The number of H-pyrrole nitrogens is 1. The van der Waals surface area contributed by atoms with Crippen LogP contribution in [0.5, 0.6) is 5.75 Å². The van der Waals surface area contributed by atoms with Crippen LogP contribution < -0.4 is 9.64 Å². The van der Waals surface area contributed by atoms with Crippen molar-refractivity contribution in [2.45, 2.75) is 19.3 Å². The number of methoxy groups -OCH3 is 1. The van der Waals surface area contributed by atoms with Gasteiger partial charge in [-0.25, -0.2) is 9.78 Å². The van der Waals surface area contributed by atoms with Crippen molar-refractivity contribution in [1.29, 1.82) is 0 Å². The number of ether oxygens (including phenoxy) is 2. The van der Waals surface area contributed by atoms with E-state index >= 15 is 0 Å². The molecule has 4 heterocycles. The molecular weight excluding hydrogens is 396 g/mol. The number of aromatic amines is 1. The summed E-state index contributed by atoms with van der Waals surface area (Å²) in [7, 11) is 1.36. The molecule has 1 aromatic carbocycles. The molecule has 1 amide bonds. The lowest BCUT2D eigenvalue weighted by molar-refractivity contribution is 0.0594. The van der Waals surface area contributed by atoms with E-state index in [-0.39, 0.29) is 5.91 Å². The number of hydrogen-bond donors (Lipinski definition) is 1. The Bertz CT molecular complexity index is 1150. The van der Waals surface area contributed by atoms with E-state index < -0.39 is 5.97 Å². The highest BCUT2D eigenvalue weighted by atomic mass is 16.5. The molecule has 5 rings (SSSR count). The van der Waals surface area contributed by atoms with Crippen molar-refractivity contribution in [3.63, 3.8) is 0 Å². The van der Waals surface area contributed by atoms with Crippen LogP contribution in [-0.4, -0.2) is 60.1 Å². The molecule has 8 heteroatoms. The number of hydrogen-bond acceptors (Lipinski definition) is 6. The van der Waals surface area contributed by atoms with Gasteiger partial charge in [0, 0.05) is 35.9 Å². The van der Waals surface area contributed by atoms with Crippen LogP contribution in [0.4, 0.5) is 11.5 Å². The summed E-state index contributed by atoms with van der Waals surface area (Å²) in [5.74, 6) is 0.900. The van der Waals surface area contributed by atoms with E-state index in [1.807, 2.05) is 23.1 Å². The van der Waals surface area contributed by atoms with Gasteiger partial charge in [0.1, 0.15) is 12.3 Å². The fourth-order valence-corrected chi connectivity index (χ4v) is 4.25. The fraction of sp³-hybridized carbons (Fsp3) is 0.348. The van der Waals surface area contributed by atoms with Gasteiger partial charge in [0.15, 0.2) is 11.6 Å². The number of nitrogens with zero attached hydrogens (tertiary/aromatic N) is 3. The number of pyridine rings is 1. The molecule has 3 aromatic rings. The average Bonchev–Trinajstić information content (AvgIpc) is 3.26. The minimum absolute atomic E-state index is 0.0128. The van der Waals surface area contributed by atoms with Gasteiger partial charge in [-0.1, -0.05) is 6.07 Å². The fourth-order valence-electron chi connectivity index (χ4n) is 4.25. The van der Waals surface area contributed by atoms with Crippen LogP contribution in [0.3, 0.4) is 0 Å². The number of fused-ring (bicyclic) bond motifs is 2. The van der Waals surface area contributed by atoms with Crippen molar-refractivity contribution in [3.8, 4) is 5.75 Å². The predicted octanol–water partition coefficient (Wildman–Crippen LogP) is 3.51. The molecule has 160 valence electrons. The average molecular weight is 420 g/mol. The summed E-state index contributed by atoms with van der Waals surface area (Å²) >= 11 is 0. The Morgan fingerprint density at radius 2 is 1.94 bits per heavy atom. The molecule has 0 atom stereocenters. The number of esters is 1. The molecule has 1 saturated heterocycles. The minimum Gasteiger partial charge on any atom is -0.488 e. The van der Waals surface area contributed by atoms with Crippen molar-refractivity contribution >= 4 is 34.3 Å². The number of benzene rings is 1. The molecular formula is C23H24N4O4. The molecule has 0 saturated carbocycles. The monoisotopic (exact) mass is 420 g/mol. The maximum Gasteiger partial charge on any atom is 0.354 e. The maximum atomic E-state index is 12.8. The second kappa shape index (κ2) is 7.94. The van der Waals surface area contributed by atoms with Gasteiger partial charge in [0.25, 0.3) is 5.91 Å². The summed E-state index contributed by atoms with van der Waals surface area (Å²) < 4.78 is 10.6. The molecule has 8 nitrogen and oxygen atoms in total. The lowest BCUT2D eigenvalue weighted by Gasteiger charge is -2.31. The second-order valence-corrected chi connectivity index (χ2v) is 7.84. The lowest BCUT2D eigenvalue weighted by Crippen LogP contribution is -2.36. The Hall–Kier alpha value is -3.55. The minimum atomic E-state index is -0.401. The zero-order valence-corrected chi connectivity index (χ0v) is 17.4. The molecule has 0 aliphatic carbocycles. The number of anilines is 2. The summed E-state index contributed by atoms with van der Waals surface area (Å²) in [6, 6.07) is 9.49. The maximum absolute atomic E-state index is 12.8. The summed E-state index contributed by atoms with van der Waals surface area (Å²) in [5, 5.41) is 0.924. The van der Waals surface area contributed by atoms with Gasteiger partial charge < -0.3 is 24.3 Å². The van der Waals surface area contributed by atoms with Crippen LogP contribution in [0.1, 0.15) is 40.1 Å². The second-order valence-electron chi connectivity index (χ2n) is 7.84. The normalized spacial score (nSPS) is 16.0. The number of carbonyl (C=O) groups is 2. The van der Waals surface area contributed by atoms with E-state index in [0.717, 1.165) is 42.5 Å². The van der Waals surface area contributed by atoms with Crippen molar-refractivity contribution < 1.29 is 19.1 Å². The first kappa shape index (κ1) is 19.4. The highest BCUT2D eigenvalue weighted by molar-refractivity contribution is 5.96. The van der Waals surface area contributed by atoms with E-state index in [2.05, 4.69) is 14.9 Å². The molecule has 1 N–H and O–H groups in total. The summed E-state index contributed by atoms with van der Waals surface area (Å²) in [4.78, 5) is 36.3. The number of amides is 1. The first-order valence-corrected chi connectivity index (χ1v) is 10.5. The number of likely N-dealkylation sites (tertiary alicyclic amines) is 1. The molecule has 31 heavy (non-hydrogen) atoms. The SMILES string of the molecule is COC(=O)c1cc2ccc(N3CCOc4cc(C(=O)N5CCCCC5)cnc43)cc2[nH]1. The van der Waals surface area contributed by atoms with E-state index in [9.17, 15) is 9.59 Å². The largest absolute Gasteiger partial charge is 0.488 e. The molecule has 2 aromatic heterocycles. The van der Waals surface area contributed by atoms with Gasteiger partial charge in [0.2, 0.25) is 0 Å². The van der Waals surface area contributed by atoms with Crippen molar-refractivity contribution in [2.75, 3.05) is 38.3 Å². The Balaban J connectivity index is 1.44. The zero-order valence-electron chi connectivity index (χ0n) is 17.4. The van der Waals surface area contributed by atoms with Gasteiger partial charge in [-0.05, 0) is 43.5 Å². The summed E-state index contributed by atoms with van der Waals surface area (Å²) in [6.45, 7) is 2.72. The number of rotatable bonds is 3. The highest BCUT2D eigenvalue weighted by Gasteiger charge is 2.25. The Labute approximate surface area is 179 Å². The Morgan fingerprint density at radius 1 is 1.10 bits per heavy atom. The van der Waals surface area contributed by atoms with Gasteiger partial charge in [-0.3, -0.25) is 4.79 Å². The standard InChI is InChI=1S/C23H24N4O4/c1-30-23(29)19-11-15-5-6-17(13-18(15)25-19)27-9-10-31-20-12-16(14-24-21(20)27)22(28)26-7-3-2-4-8-26/h5-6,11-14,25H,2-4,7-10H2,1H3. The number of aromatic nitrogens is 2. The number of nitrogens with one attached hydrogen (secondary N) is 1. The Morgan fingerprint density at radius 3 is 2.74 bits per heavy atom. The van der Waals surface area contributed by atoms with Gasteiger partial charge in [-0.15, -0.1) is 0 Å². The van der Waals surface area contributed by atoms with Gasteiger partial charge in [0.05, 0.1) is 19.2 Å². The van der Waals surface area contributed by atoms with E-state index in [1.54, 1.807) is 18.3 Å². The van der Waals surface area contributed by atoms with Crippen LogP contribution in [0.2, 0.25) is 0 Å². The predicted molar refractivity (Wildman–Crippen MR) is 116 cm³/mol. The Kier molecular flexibility index (Phi) is 4.97. The van der Waals surface area contributed by atoms with Crippen LogP contribution in [0.15, 0.2) is 36.5 Å². The quantitative estimate of drug-likeness (QED) is 0.653. The first-order valence-electron chi connectivity index (χ1n) is 10.5. The van der Waals surface area contributed by atoms with Crippen molar-refractivity contribution in [3.05, 3.63) is 47.8 Å². The topological polar surface area (TPSA) is 87.8 Å². The molecule has 1 fully saturated rings. The highest BCUT2D eigenvalue weighted by Crippen LogP contribution is 2.36. The van der Waals surface area contributed by atoms with Crippen LogP contribution >= 0.6 is 0 Å². The third-order valence-corrected chi connectivity index (χ3v) is 5.87. The third kappa shape index (κ3) is 3.58. The third-order valence-electron chi connectivity index (χ3n) is 5.87. The van der Waals surface area contributed by atoms with E-state index in [4.69, 9.17) is 9.47 Å². The van der Waals surface area contributed by atoms with Gasteiger partial charge >= 0.3 is 5.97 Å². The van der Waals surface area contributed by atoms with E-state index in [0.29, 0.717) is 36.0 Å². The molecule has 2 aliphatic rings. The van der Waals surface area contributed by atoms with Crippen molar-refractivity contribution in [1.82, 2.24) is 14.9 Å². The van der Waals surface area contributed by atoms with Crippen LogP contribution in [0, 0.1) is 0 Å². The molecule has 0 bridgehead atoms. The first-order chi connectivity index (χ1) is 15.1. The smallest absolute Gasteiger partial charge is 0.354 e. The number of piperidine rings is 1. The zero-order chi connectivity index (χ0) is 21.4. The summed E-state index contributed by atoms with van der Waals surface area (Å²) in [6.07, 6.45) is 4.91. The van der Waals surface area contributed by atoms with Crippen molar-refractivity contribution in [2.24, 2.45) is 0 Å². The van der Waals surface area contributed by atoms with E-state index in [1.165, 1.54) is 13.5 Å². The molecule has 0 unspecified atom stereocenters. The van der Waals surface area contributed by atoms with Gasteiger partial charge in [-0.2, -0.15) is 0 Å². The summed E-state index contributed by atoms with van der Waals surface area (Å²) in [5.41, 5.74) is 2.74. The van der Waals surface area contributed by atoms with Crippen LogP contribution in [-0.2, 0) is 4.74 Å². The molecule has 0 radical (unpaired) electrons.